The summed E-state index contributed by atoms with van der Waals surface area (Å²) in [6, 6.07) is 40.4. The summed E-state index contributed by atoms with van der Waals surface area (Å²) >= 11 is 0. The Hall–Kier alpha value is -5.02. The second-order valence-electron chi connectivity index (χ2n) is 29.3. The van der Waals surface area contributed by atoms with Crippen LogP contribution in [-0.4, -0.2) is 6.71 Å². The summed E-state index contributed by atoms with van der Waals surface area (Å²) in [6.45, 7) is 46.3. The Balaban J connectivity index is 1.27. The van der Waals surface area contributed by atoms with Gasteiger partial charge in [0.15, 0.2) is 0 Å². The summed E-state index contributed by atoms with van der Waals surface area (Å²) in [5.41, 5.74) is 28.2. The summed E-state index contributed by atoms with van der Waals surface area (Å²) in [5, 5.41) is 0. The van der Waals surface area contributed by atoms with E-state index in [4.69, 9.17) is 0 Å². The third kappa shape index (κ3) is 7.37. The Morgan fingerprint density at radius 1 is 0.394 bits per heavy atom. The molecule has 0 N–H and O–H groups in total. The van der Waals surface area contributed by atoms with E-state index in [2.05, 4.69) is 238 Å². The van der Waals surface area contributed by atoms with Crippen LogP contribution in [0, 0.1) is 6.92 Å². The van der Waals surface area contributed by atoms with Crippen molar-refractivity contribution in [2.45, 2.75) is 207 Å². The monoisotopic (exact) mass is 939 g/mol. The zero-order chi connectivity index (χ0) is 51.1. The number of aryl methyl sites for hydroxylation is 1. The molecule has 6 aromatic carbocycles. The molecule has 0 bridgehead atoms. The zero-order valence-corrected chi connectivity index (χ0v) is 47.2. The van der Waals surface area contributed by atoms with Gasteiger partial charge in [-0.05, 0) is 203 Å². The minimum atomic E-state index is -0.0210. The second kappa shape index (κ2) is 15.0. The van der Waals surface area contributed by atoms with Crippen molar-refractivity contribution < 1.29 is 0 Å². The molecule has 0 aromatic heterocycles. The van der Waals surface area contributed by atoms with E-state index >= 15 is 0 Å². The maximum atomic E-state index is 2.73. The van der Waals surface area contributed by atoms with Crippen LogP contribution in [0.3, 0.4) is 0 Å². The molecule has 6 aromatic rings. The molecule has 0 radical (unpaired) electrons. The molecule has 0 saturated carbocycles. The molecule has 0 unspecified atom stereocenters. The Labute approximate surface area is 430 Å². The molecule has 0 amide bonds. The van der Waals surface area contributed by atoms with Gasteiger partial charge in [0, 0.05) is 34.0 Å². The van der Waals surface area contributed by atoms with E-state index in [1.807, 2.05) is 0 Å². The lowest BCUT2D eigenvalue weighted by molar-refractivity contribution is 0.332. The minimum Gasteiger partial charge on any atom is -0.311 e. The van der Waals surface area contributed by atoms with Crippen molar-refractivity contribution >= 4 is 57.2 Å². The van der Waals surface area contributed by atoms with Gasteiger partial charge in [-0.25, -0.2) is 0 Å². The molecule has 3 aliphatic carbocycles. The highest BCUT2D eigenvalue weighted by Gasteiger charge is 2.50. The molecule has 2 aliphatic heterocycles. The summed E-state index contributed by atoms with van der Waals surface area (Å²) in [7, 11) is 0. The van der Waals surface area contributed by atoms with Gasteiger partial charge < -0.3 is 9.80 Å². The van der Waals surface area contributed by atoms with E-state index in [1.54, 1.807) is 0 Å². The van der Waals surface area contributed by atoms with Gasteiger partial charge in [-0.2, -0.15) is 0 Å². The molecular formula is C68H83BN2. The van der Waals surface area contributed by atoms with Crippen molar-refractivity contribution in [1.82, 2.24) is 0 Å². The maximum absolute atomic E-state index is 2.73. The Morgan fingerprint density at radius 2 is 0.831 bits per heavy atom. The van der Waals surface area contributed by atoms with E-state index in [-0.39, 0.29) is 50.0 Å². The SMILES string of the molecule is Cc1cc2c3c(c1)N(c1ccc(C(C)(C)C)cc1-c1ccc(C(C)(C)C)cc1)c1cc4c(cc1B3c1cc3c(cc1N2c1ccc2c(c1)C(C)(C)CCC2(C)C)C(C)(C)CCC3(C)C)C(C)(C)CC4(C)C. The minimum absolute atomic E-state index is 0.0210. The van der Waals surface area contributed by atoms with E-state index in [1.165, 1.54) is 137 Å². The van der Waals surface area contributed by atoms with Gasteiger partial charge in [0.25, 0.3) is 6.71 Å². The largest absolute Gasteiger partial charge is 0.311 e. The summed E-state index contributed by atoms with van der Waals surface area (Å²) < 4.78 is 0. The van der Waals surface area contributed by atoms with Gasteiger partial charge in [-0.3, -0.25) is 0 Å². The smallest absolute Gasteiger partial charge is 0.252 e. The van der Waals surface area contributed by atoms with Crippen LogP contribution in [0.2, 0.25) is 0 Å². The predicted octanol–water partition coefficient (Wildman–Crippen LogP) is 17.0. The average Bonchev–Trinajstić information content (AvgIpc) is 3.46. The van der Waals surface area contributed by atoms with Crippen molar-refractivity contribution in [2.24, 2.45) is 0 Å². The fraction of sp³-hybridized carbons (Fsp3) is 0.471. The summed E-state index contributed by atoms with van der Waals surface area (Å²) in [6.07, 6.45) is 5.88. The van der Waals surface area contributed by atoms with Gasteiger partial charge in [0.2, 0.25) is 0 Å². The molecule has 368 valence electrons. The number of nitrogens with zero attached hydrogens (tertiary/aromatic N) is 2. The number of hydrogen-bond acceptors (Lipinski definition) is 2. The van der Waals surface area contributed by atoms with Crippen LogP contribution >= 0.6 is 0 Å². The maximum Gasteiger partial charge on any atom is 0.252 e. The Kier molecular flexibility index (Phi) is 10.2. The van der Waals surface area contributed by atoms with Gasteiger partial charge in [-0.15, -0.1) is 0 Å². The van der Waals surface area contributed by atoms with Crippen LogP contribution in [0.15, 0.2) is 97.1 Å². The van der Waals surface area contributed by atoms with Gasteiger partial charge in [0.05, 0.1) is 5.69 Å². The van der Waals surface area contributed by atoms with E-state index in [0.717, 1.165) is 6.42 Å². The zero-order valence-electron chi connectivity index (χ0n) is 47.2. The third-order valence-electron chi connectivity index (χ3n) is 18.9. The fourth-order valence-corrected chi connectivity index (χ4v) is 14.5. The second-order valence-corrected chi connectivity index (χ2v) is 29.3. The topological polar surface area (TPSA) is 6.48 Å². The molecule has 0 spiro atoms. The first-order valence-electron chi connectivity index (χ1n) is 27.3. The van der Waals surface area contributed by atoms with E-state index in [9.17, 15) is 0 Å². The molecule has 0 saturated heterocycles. The lowest BCUT2D eigenvalue weighted by atomic mass is 9.32. The molecule has 3 heteroatoms. The number of hydrogen-bond donors (Lipinski definition) is 0. The van der Waals surface area contributed by atoms with Crippen LogP contribution < -0.4 is 26.2 Å². The van der Waals surface area contributed by atoms with Crippen LogP contribution in [0.25, 0.3) is 11.1 Å². The molecular weight excluding hydrogens is 856 g/mol. The first kappa shape index (κ1) is 48.3. The number of rotatable bonds is 3. The molecule has 2 nitrogen and oxygen atoms in total. The summed E-state index contributed by atoms with van der Waals surface area (Å²) in [4.78, 5) is 5.46. The molecule has 11 rings (SSSR count). The van der Waals surface area contributed by atoms with Gasteiger partial charge >= 0.3 is 0 Å². The van der Waals surface area contributed by atoms with Gasteiger partial charge in [-0.1, -0.05) is 173 Å². The van der Waals surface area contributed by atoms with Crippen molar-refractivity contribution in [3.05, 3.63) is 147 Å². The van der Waals surface area contributed by atoms with Crippen LogP contribution in [0.4, 0.5) is 34.1 Å². The lowest BCUT2D eigenvalue weighted by Crippen LogP contribution is -2.62. The quantitative estimate of drug-likeness (QED) is 0.163. The van der Waals surface area contributed by atoms with E-state index < -0.39 is 0 Å². The number of anilines is 6. The van der Waals surface area contributed by atoms with Crippen molar-refractivity contribution in [3.8, 4) is 11.1 Å². The standard InChI is InChI=1S/C68H83BN2/c1-41-32-58-60-59(33-41)71(55-27-24-44(62(5,6)7)34-46(55)42-20-22-43(23-21-42)61(2,3)4)57-39-52-50(67(16,17)40-68(52,18)19)37-54(57)69(60)53-36-49-51(66(14,15)31-30-65(49,12)13)38-56(53)70(58)45-25-26-47-48(35-45)64(10,11)29-28-63(47,8)9/h20-27,32-39H,28-31,40H2,1-19H3. The molecule has 5 aliphatic rings. The molecule has 2 heterocycles. The van der Waals surface area contributed by atoms with Gasteiger partial charge in [0.1, 0.15) is 0 Å². The molecule has 71 heavy (non-hydrogen) atoms. The van der Waals surface area contributed by atoms with E-state index in [0.29, 0.717) is 0 Å². The third-order valence-corrected chi connectivity index (χ3v) is 18.9. The molecule has 0 atom stereocenters. The van der Waals surface area contributed by atoms with Crippen LogP contribution in [0.1, 0.15) is 207 Å². The van der Waals surface area contributed by atoms with Crippen molar-refractivity contribution in [3.63, 3.8) is 0 Å². The van der Waals surface area contributed by atoms with Crippen LogP contribution in [-0.2, 0) is 43.3 Å². The highest BCUT2D eigenvalue weighted by molar-refractivity contribution is 7.00. The fourth-order valence-electron chi connectivity index (χ4n) is 14.5. The molecule has 0 fully saturated rings. The normalized spacial score (nSPS) is 20.4. The summed E-state index contributed by atoms with van der Waals surface area (Å²) in [5.74, 6) is 0. The first-order valence-corrected chi connectivity index (χ1v) is 27.3. The predicted molar refractivity (Wildman–Crippen MR) is 309 cm³/mol. The Morgan fingerprint density at radius 3 is 1.37 bits per heavy atom. The highest BCUT2D eigenvalue weighted by Crippen LogP contribution is 2.56. The van der Waals surface area contributed by atoms with Crippen molar-refractivity contribution in [2.75, 3.05) is 9.80 Å². The number of benzene rings is 6. The number of fused-ring (bicyclic) bond motifs is 7. The van der Waals surface area contributed by atoms with Crippen molar-refractivity contribution in [1.29, 1.82) is 0 Å². The lowest BCUT2D eigenvalue weighted by Gasteiger charge is -2.48. The average molecular weight is 939 g/mol. The highest BCUT2D eigenvalue weighted by atomic mass is 15.2. The Bertz CT molecular complexity index is 3210. The first-order chi connectivity index (χ1) is 32.8. The van der Waals surface area contributed by atoms with Crippen LogP contribution in [0.5, 0.6) is 0 Å².